The van der Waals surface area contributed by atoms with Gasteiger partial charge in [-0.2, -0.15) is 10.2 Å². The molecule has 0 atom stereocenters. The van der Waals surface area contributed by atoms with Crippen LogP contribution in [-0.4, -0.2) is 44.6 Å². The molecule has 0 radical (unpaired) electrons. The number of nitrogens with one attached hydrogen (secondary N) is 1. The largest absolute Gasteiger partial charge is 0.493 e. The van der Waals surface area contributed by atoms with Gasteiger partial charge in [-0.3, -0.25) is 24.3 Å². The molecule has 0 fully saturated rings. The van der Waals surface area contributed by atoms with Crippen molar-refractivity contribution < 1.29 is 19.2 Å². The van der Waals surface area contributed by atoms with Gasteiger partial charge in [0.05, 0.1) is 42.8 Å². The van der Waals surface area contributed by atoms with Gasteiger partial charge in [-0.25, -0.2) is 0 Å². The molecule has 32 heavy (non-hydrogen) atoms. The molecule has 0 aliphatic heterocycles. The Bertz CT molecular complexity index is 1160. The first-order chi connectivity index (χ1) is 15.1. The first-order valence-electron chi connectivity index (χ1n) is 9.84. The lowest BCUT2D eigenvalue weighted by Crippen LogP contribution is -2.40. The molecule has 1 aromatic carbocycles. The van der Waals surface area contributed by atoms with Crippen molar-refractivity contribution in [1.29, 1.82) is 0 Å². The quantitative estimate of drug-likeness (QED) is 0.420. The standard InChI is InChI=1S/C21H26N6O5/c1-13-19(23-20(28)21(3,4)26-12-16(10-22-26)27(29)30)14(2)25(24-13)11-15-7-8-17(31-5)18(9-15)32-6/h7-10,12H,11H2,1-6H3,(H,23,28). The predicted octanol–water partition coefficient (Wildman–Crippen LogP) is 3.04. The van der Waals surface area contributed by atoms with E-state index in [1.807, 2.05) is 25.1 Å². The number of nitrogens with zero attached hydrogens (tertiary/aromatic N) is 5. The second-order valence-corrected chi connectivity index (χ2v) is 7.81. The smallest absolute Gasteiger partial charge is 0.307 e. The van der Waals surface area contributed by atoms with E-state index in [0.717, 1.165) is 17.5 Å². The fourth-order valence-electron chi connectivity index (χ4n) is 3.27. The zero-order chi connectivity index (χ0) is 23.6. The summed E-state index contributed by atoms with van der Waals surface area (Å²) < 4.78 is 13.7. The number of anilines is 1. The van der Waals surface area contributed by atoms with Crippen LogP contribution in [0, 0.1) is 24.0 Å². The van der Waals surface area contributed by atoms with Gasteiger partial charge in [0.25, 0.3) is 5.91 Å². The average molecular weight is 442 g/mol. The number of benzene rings is 1. The highest BCUT2D eigenvalue weighted by Crippen LogP contribution is 2.29. The lowest BCUT2D eigenvalue weighted by atomic mass is 10.0. The number of methoxy groups -OCH3 is 2. The Hall–Kier alpha value is -3.89. The molecular weight excluding hydrogens is 416 g/mol. The van der Waals surface area contributed by atoms with Crippen LogP contribution in [0.1, 0.15) is 30.8 Å². The molecule has 3 rings (SSSR count). The number of hydrogen-bond donors (Lipinski definition) is 1. The highest BCUT2D eigenvalue weighted by Gasteiger charge is 2.33. The summed E-state index contributed by atoms with van der Waals surface area (Å²) in [5, 5.41) is 22.4. The highest BCUT2D eigenvalue weighted by molar-refractivity contribution is 5.97. The molecule has 11 nitrogen and oxygen atoms in total. The van der Waals surface area contributed by atoms with Crippen molar-refractivity contribution in [3.63, 3.8) is 0 Å². The summed E-state index contributed by atoms with van der Waals surface area (Å²) in [5.74, 6) is 0.890. The molecule has 0 aliphatic rings. The first-order valence-corrected chi connectivity index (χ1v) is 9.84. The lowest BCUT2D eigenvalue weighted by Gasteiger charge is -2.24. The molecular formula is C21H26N6O5. The van der Waals surface area contributed by atoms with Gasteiger partial charge < -0.3 is 14.8 Å². The van der Waals surface area contributed by atoms with Gasteiger partial charge in [0.15, 0.2) is 11.5 Å². The van der Waals surface area contributed by atoms with Crippen LogP contribution in [0.2, 0.25) is 0 Å². The Labute approximate surface area is 185 Å². The number of aromatic nitrogens is 4. The molecule has 11 heteroatoms. The molecule has 0 aliphatic carbocycles. The second kappa shape index (κ2) is 8.69. The van der Waals surface area contributed by atoms with Crippen LogP contribution in [0.5, 0.6) is 11.5 Å². The summed E-state index contributed by atoms with van der Waals surface area (Å²) in [4.78, 5) is 23.4. The SMILES string of the molecule is COc1ccc(Cn2nc(C)c(NC(=O)C(C)(C)n3cc([N+](=O)[O-])cn3)c2C)cc1OC. The molecule has 2 aromatic heterocycles. The van der Waals surface area contributed by atoms with E-state index in [1.54, 1.807) is 39.7 Å². The zero-order valence-electron chi connectivity index (χ0n) is 18.9. The number of aryl methyl sites for hydroxylation is 1. The van der Waals surface area contributed by atoms with Crippen LogP contribution in [0.4, 0.5) is 11.4 Å². The van der Waals surface area contributed by atoms with Crippen LogP contribution in [-0.2, 0) is 16.9 Å². The number of carbonyl (C=O) groups is 1. The van der Waals surface area contributed by atoms with Gasteiger partial charge in [0.2, 0.25) is 0 Å². The summed E-state index contributed by atoms with van der Waals surface area (Å²) in [6.07, 6.45) is 2.35. The lowest BCUT2D eigenvalue weighted by molar-refractivity contribution is -0.385. The topological polar surface area (TPSA) is 126 Å². The Morgan fingerprint density at radius 1 is 1.22 bits per heavy atom. The minimum Gasteiger partial charge on any atom is -0.493 e. The monoisotopic (exact) mass is 442 g/mol. The number of ether oxygens (including phenoxy) is 2. The van der Waals surface area contributed by atoms with E-state index in [-0.39, 0.29) is 11.6 Å². The summed E-state index contributed by atoms with van der Waals surface area (Å²) in [6.45, 7) is 7.41. The van der Waals surface area contributed by atoms with Gasteiger partial charge in [0, 0.05) is 0 Å². The molecule has 2 heterocycles. The molecule has 0 unspecified atom stereocenters. The molecule has 0 bridgehead atoms. The molecule has 0 spiro atoms. The third kappa shape index (κ3) is 4.27. The number of amides is 1. The van der Waals surface area contributed by atoms with Crippen LogP contribution >= 0.6 is 0 Å². The molecule has 0 saturated carbocycles. The average Bonchev–Trinajstić information content (AvgIpc) is 3.36. The van der Waals surface area contributed by atoms with E-state index >= 15 is 0 Å². The van der Waals surface area contributed by atoms with Crippen molar-refractivity contribution in [2.24, 2.45) is 0 Å². The number of hydrogen-bond acceptors (Lipinski definition) is 7. The summed E-state index contributed by atoms with van der Waals surface area (Å²) in [6, 6.07) is 5.62. The first kappa shape index (κ1) is 22.8. The summed E-state index contributed by atoms with van der Waals surface area (Å²) >= 11 is 0. The van der Waals surface area contributed by atoms with Crippen molar-refractivity contribution in [2.75, 3.05) is 19.5 Å². The summed E-state index contributed by atoms with van der Waals surface area (Å²) in [5.41, 5.74) is 1.63. The second-order valence-electron chi connectivity index (χ2n) is 7.81. The van der Waals surface area contributed by atoms with Crippen molar-refractivity contribution in [2.45, 2.75) is 39.8 Å². The zero-order valence-corrected chi connectivity index (χ0v) is 18.9. The number of carbonyl (C=O) groups excluding carboxylic acids is 1. The van der Waals surface area contributed by atoms with Gasteiger partial charge in [0.1, 0.15) is 17.9 Å². The number of rotatable bonds is 8. The van der Waals surface area contributed by atoms with Crippen molar-refractivity contribution in [1.82, 2.24) is 19.6 Å². The molecule has 1 amide bonds. The third-order valence-corrected chi connectivity index (χ3v) is 5.31. The normalized spacial score (nSPS) is 11.3. The van der Waals surface area contributed by atoms with Crippen molar-refractivity contribution >= 4 is 17.3 Å². The van der Waals surface area contributed by atoms with Crippen molar-refractivity contribution in [3.05, 3.63) is 57.7 Å². The van der Waals surface area contributed by atoms with E-state index in [2.05, 4.69) is 15.5 Å². The van der Waals surface area contributed by atoms with E-state index in [4.69, 9.17) is 9.47 Å². The fourth-order valence-corrected chi connectivity index (χ4v) is 3.27. The molecule has 0 saturated heterocycles. The fraction of sp³-hybridized carbons (Fsp3) is 0.381. The Kier molecular flexibility index (Phi) is 6.19. The molecule has 170 valence electrons. The molecule has 1 N–H and O–H groups in total. The maximum Gasteiger partial charge on any atom is 0.307 e. The maximum absolute atomic E-state index is 13.0. The van der Waals surface area contributed by atoms with Crippen LogP contribution in [0.15, 0.2) is 30.6 Å². The van der Waals surface area contributed by atoms with Crippen LogP contribution in [0.3, 0.4) is 0 Å². The van der Waals surface area contributed by atoms with Crippen LogP contribution in [0.25, 0.3) is 0 Å². The Balaban J connectivity index is 1.82. The summed E-state index contributed by atoms with van der Waals surface area (Å²) in [7, 11) is 3.16. The van der Waals surface area contributed by atoms with Gasteiger partial charge in [-0.15, -0.1) is 0 Å². The van der Waals surface area contributed by atoms with E-state index in [1.165, 1.54) is 10.9 Å². The Morgan fingerprint density at radius 2 is 1.91 bits per heavy atom. The van der Waals surface area contributed by atoms with Gasteiger partial charge in [-0.1, -0.05) is 6.07 Å². The minimum absolute atomic E-state index is 0.180. The van der Waals surface area contributed by atoms with E-state index in [0.29, 0.717) is 29.4 Å². The van der Waals surface area contributed by atoms with Crippen molar-refractivity contribution in [3.8, 4) is 11.5 Å². The van der Waals surface area contributed by atoms with Gasteiger partial charge in [-0.05, 0) is 45.4 Å². The van der Waals surface area contributed by atoms with E-state index < -0.39 is 10.5 Å². The number of nitro groups is 1. The van der Waals surface area contributed by atoms with E-state index in [9.17, 15) is 14.9 Å². The highest BCUT2D eigenvalue weighted by atomic mass is 16.6. The molecule has 3 aromatic rings. The minimum atomic E-state index is -1.15. The maximum atomic E-state index is 13.0. The van der Waals surface area contributed by atoms with Gasteiger partial charge >= 0.3 is 5.69 Å². The predicted molar refractivity (Wildman–Crippen MR) is 117 cm³/mol. The van der Waals surface area contributed by atoms with Crippen LogP contribution < -0.4 is 14.8 Å². The Morgan fingerprint density at radius 3 is 2.50 bits per heavy atom. The third-order valence-electron chi connectivity index (χ3n) is 5.31.